The van der Waals surface area contributed by atoms with Crippen molar-refractivity contribution >= 4 is 15.9 Å². The van der Waals surface area contributed by atoms with Crippen LogP contribution in [0.3, 0.4) is 0 Å². The van der Waals surface area contributed by atoms with Crippen molar-refractivity contribution in [1.29, 1.82) is 0 Å². The number of aromatic nitrogens is 2. The Morgan fingerprint density at radius 2 is 2.12 bits per heavy atom. The fourth-order valence-electron chi connectivity index (χ4n) is 2.03. The fraction of sp³-hybridized carbons (Fsp3) is 0.231. The van der Waals surface area contributed by atoms with Gasteiger partial charge in [0.15, 0.2) is 0 Å². The maximum absolute atomic E-state index is 5.49. The summed E-state index contributed by atoms with van der Waals surface area (Å²) in [5.41, 5.74) is 3.31. The number of aryl methyl sites for hydroxylation is 1. The maximum Gasteiger partial charge on any atom is 0.127 e. The van der Waals surface area contributed by atoms with Gasteiger partial charge in [-0.15, -0.1) is 0 Å². The standard InChI is InChI=1S/C13H11BrN2O/c1-8-15-11(7-13(14)16-8)9-2-3-12-10(6-9)4-5-17-12/h2-3,6-7H,4-5H2,1H3. The lowest BCUT2D eigenvalue weighted by Gasteiger charge is -2.05. The van der Waals surface area contributed by atoms with Crippen LogP contribution >= 0.6 is 15.9 Å². The Morgan fingerprint density at radius 1 is 1.24 bits per heavy atom. The third-order valence-corrected chi connectivity index (χ3v) is 3.20. The van der Waals surface area contributed by atoms with E-state index in [-0.39, 0.29) is 0 Å². The molecule has 0 fully saturated rings. The molecule has 0 atom stereocenters. The van der Waals surface area contributed by atoms with Crippen LogP contribution in [0, 0.1) is 6.92 Å². The fourth-order valence-corrected chi connectivity index (χ4v) is 2.50. The van der Waals surface area contributed by atoms with E-state index in [2.05, 4.69) is 32.0 Å². The summed E-state index contributed by atoms with van der Waals surface area (Å²) in [6.07, 6.45) is 0.981. The molecule has 0 radical (unpaired) electrons. The monoisotopic (exact) mass is 290 g/mol. The molecule has 0 unspecified atom stereocenters. The predicted molar refractivity (Wildman–Crippen MR) is 69.1 cm³/mol. The zero-order valence-electron chi connectivity index (χ0n) is 9.40. The molecule has 1 aromatic carbocycles. The second-order valence-corrected chi connectivity index (χ2v) is 4.86. The average Bonchev–Trinajstić information content (AvgIpc) is 2.74. The minimum Gasteiger partial charge on any atom is -0.493 e. The van der Waals surface area contributed by atoms with Crippen LogP contribution in [-0.4, -0.2) is 16.6 Å². The van der Waals surface area contributed by atoms with Crippen LogP contribution in [0.1, 0.15) is 11.4 Å². The Morgan fingerprint density at radius 3 is 2.94 bits per heavy atom. The zero-order chi connectivity index (χ0) is 11.8. The van der Waals surface area contributed by atoms with E-state index >= 15 is 0 Å². The lowest BCUT2D eigenvalue weighted by Crippen LogP contribution is -1.92. The minimum atomic E-state index is 0.770. The summed E-state index contributed by atoms with van der Waals surface area (Å²) < 4.78 is 6.31. The number of hydrogen-bond acceptors (Lipinski definition) is 3. The highest BCUT2D eigenvalue weighted by Gasteiger charge is 2.13. The normalized spacial score (nSPS) is 13.3. The lowest BCUT2D eigenvalue weighted by atomic mass is 10.1. The molecular weight excluding hydrogens is 280 g/mol. The lowest BCUT2D eigenvalue weighted by molar-refractivity contribution is 0.357. The number of benzene rings is 1. The Balaban J connectivity index is 2.09. The van der Waals surface area contributed by atoms with Gasteiger partial charge in [0.1, 0.15) is 16.2 Å². The molecule has 1 aliphatic rings. The molecule has 3 rings (SSSR count). The maximum atomic E-state index is 5.49. The molecule has 1 aliphatic heterocycles. The number of hydrogen-bond donors (Lipinski definition) is 0. The highest BCUT2D eigenvalue weighted by molar-refractivity contribution is 9.10. The van der Waals surface area contributed by atoms with Crippen LogP contribution in [0.4, 0.5) is 0 Å². The van der Waals surface area contributed by atoms with Crippen LogP contribution in [0.15, 0.2) is 28.9 Å². The summed E-state index contributed by atoms with van der Waals surface area (Å²) in [4.78, 5) is 8.66. The van der Waals surface area contributed by atoms with Crippen LogP contribution < -0.4 is 4.74 Å². The van der Waals surface area contributed by atoms with Crippen LogP contribution in [-0.2, 0) is 6.42 Å². The molecule has 4 heteroatoms. The second kappa shape index (κ2) is 4.11. The zero-order valence-corrected chi connectivity index (χ0v) is 11.0. The molecule has 2 aromatic rings. The summed E-state index contributed by atoms with van der Waals surface area (Å²) in [6, 6.07) is 8.14. The molecule has 0 bridgehead atoms. The summed E-state index contributed by atoms with van der Waals surface area (Å²) in [5, 5.41) is 0. The largest absolute Gasteiger partial charge is 0.493 e. The summed E-state index contributed by atoms with van der Waals surface area (Å²) in [7, 11) is 0. The van der Waals surface area contributed by atoms with Crippen LogP contribution in [0.2, 0.25) is 0 Å². The third kappa shape index (κ3) is 2.05. The topological polar surface area (TPSA) is 35.0 Å². The number of nitrogens with zero attached hydrogens (tertiary/aromatic N) is 2. The van der Waals surface area contributed by atoms with Gasteiger partial charge in [-0.3, -0.25) is 0 Å². The van der Waals surface area contributed by atoms with Crippen molar-refractivity contribution in [3.8, 4) is 17.0 Å². The molecule has 0 aliphatic carbocycles. The van der Waals surface area contributed by atoms with E-state index in [1.165, 1.54) is 5.56 Å². The van der Waals surface area contributed by atoms with E-state index < -0.39 is 0 Å². The van der Waals surface area contributed by atoms with Gasteiger partial charge in [-0.1, -0.05) is 0 Å². The van der Waals surface area contributed by atoms with E-state index in [4.69, 9.17) is 4.74 Å². The van der Waals surface area contributed by atoms with Crippen molar-refractivity contribution in [3.63, 3.8) is 0 Å². The first-order chi connectivity index (χ1) is 8.22. The smallest absolute Gasteiger partial charge is 0.127 e. The predicted octanol–water partition coefficient (Wildman–Crippen LogP) is 3.15. The number of rotatable bonds is 1. The average molecular weight is 291 g/mol. The summed E-state index contributed by atoms with van der Waals surface area (Å²) >= 11 is 3.40. The van der Waals surface area contributed by atoms with E-state index in [0.717, 1.165) is 40.5 Å². The third-order valence-electron chi connectivity index (χ3n) is 2.79. The first-order valence-electron chi connectivity index (χ1n) is 5.50. The first kappa shape index (κ1) is 10.7. The molecule has 3 nitrogen and oxygen atoms in total. The van der Waals surface area contributed by atoms with Crippen LogP contribution in [0.25, 0.3) is 11.3 Å². The Kier molecular flexibility index (Phi) is 2.59. The molecule has 0 spiro atoms. The Labute approximate surface area is 108 Å². The molecule has 86 valence electrons. The van der Waals surface area contributed by atoms with Gasteiger partial charge >= 0.3 is 0 Å². The van der Waals surface area contributed by atoms with E-state index in [1.807, 2.05) is 25.1 Å². The van der Waals surface area contributed by atoms with Gasteiger partial charge in [-0.2, -0.15) is 0 Å². The Hall–Kier alpha value is -1.42. The molecule has 0 N–H and O–H groups in total. The van der Waals surface area contributed by atoms with Crippen molar-refractivity contribution in [2.45, 2.75) is 13.3 Å². The number of ether oxygens (including phenoxy) is 1. The highest BCUT2D eigenvalue weighted by Crippen LogP contribution is 2.30. The molecule has 1 aromatic heterocycles. The molecule has 2 heterocycles. The van der Waals surface area contributed by atoms with Gasteiger partial charge in [0, 0.05) is 12.0 Å². The van der Waals surface area contributed by atoms with Gasteiger partial charge in [0.2, 0.25) is 0 Å². The van der Waals surface area contributed by atoms with Crippen molar-refractivity contribution in [1.82, 2.24) is 9.97 Å². The van der Waals surface area contributed by atoms with Gasteiger partial charge < -0.3 is 4.74 Å². The van der Waals surface area contributed by atoms with Crippen molar-refractivity contribution in [2.75, 3.05) is 6.61 Å². The van der Waals surface area contributed by atoms with Gasteiger partial charge in [0.05, 0.1) is 12.3 Å². The SMILES string of the molecule is Cc1nc(Br)cc(-c2ccc3c(c2)CCO3)n1. The quantitative estimate of drug-likeness (QED) is 0.757. The summed E-state index contributed by atoms with van der Waals surface area (Å²) in [6.45, 7) is 2.68. The van der Waals surface area contributed by atoms with Gasteiger partial charge in [-0.05, 0) is 52.7 Å². The summed E-state index contributed by atoms with van der Waals surface area (Å²) in [5.74, 6) is 1.77. The molecule has 0 saturated heterocycles. The number of fused-ring (bicyclic) bond motifs is 1. The van der Waals surface area contributed by atoms with E-state index in [1.54, 1.807) is 0 Å². The Bertz CT molecular complexity index is 563. The molecule has 0 saturated carbocycles. The molecular formula is C13H11BrN2O. The molecule has 17 heavy (non-hydrogen) atoms. The number of halogens is 1. The van der Waals surface area contributed by atoms with Crippen molar-refractivity contribution in [3.05, 3.63) is 40.3 Å². The first-order valence-corrected chi connectivity index (χ1v) is 6.29. The second-order valence-electron chi connectivity index (χ2n) is 4.04. The highest BCUT2D eigenvalue weighted by atomic mass is 79.9. The van der Waals surface area contributed by atoms with Crippen molar-refractivity contribution < 1.29 is 4.74 Å². The van der Waals surface area contributed by atoms with E-state index in [9.17, 15) is 0 Å². The van der Waals surface area contributed by atoms with Gasteiger partial charge in [0.25, 0.3) is 0 Å². The minimum absolute atomic E-state index is 0.770. The van der Waals surface area contributed by atoms with Crippen LogP contribution in [0.5, 0.6) is 5.75 Å². The van der Waals surface area contributed by atoms with E-state index in [0.29, 0.717) is 0 Å². The van der Waals surface area contributed by atoms with Crippen molar-refractivity contribution in [2.24, 2.45) is 0 Å². The molecule has 0 amide bonds. The van der Waals surface area contributed by atoms with Gasteiger partial charge in [-0.25, -0.2) is 9.97 Å².